The van der Waals surface area contributed by atoms with Crippen LogP contribution in [0.1, 0.15) is 23.1 Å². The summed E-state index contributed by atoms with van der Waals surface area (Å²) >= 11 is 0. The number of aryl methyl sites for hydroxylation is 1. The van der Waals surface area contributed by atoms with Gasteiger partial charge in [-0.15, -0.1) is 6.58 Å². The highest BCUT2D eigenvalue weighted by Crippen LogP contribution is 2.24. The Kier molecular flexibility index (Phi) is 4.77. The lowest BCUT2D eigenvalue weighted by Gasteiger charge is -2.09. The van der Waals surface area contributed by atoms with Gasteiger partial charge in [0.25, 0.3) is 0 Å². The lowest BCUT2D eigenvalue weighted by molar-refractivity contribution is 0.227. The minimum atomic E-state index is -0.702. The molecular formula is C20H19NO3. The van der Waals surface area contributed by atoms with E-state index >= 15 is 0 Å². The second kappa shape index (κ2) is 7.15. The van der Waals surface area contributed by atoms with Crippen molar-refractivity contribution >= 4 is 0 Å². The minimum Gasteiger partial charge on any atom is -0.487 e. The smallest absolute Gasteiger partial charge is 0.226 e. The van der Waals surface area contributed by atoms with Gasteiger partial charge in [-0.1, -0.05) is 36.4 Å². The molecule has 1 atom stereocenters. The minimum absolute atomic E-state index is 0.301. The lowest BCUT2D eigenvalue weighted by Crippen LogP contribution is -1.99. The number of hydrogen-bond acceptors (Lipinski definition) is 4. The van der Waals surface area contributed by atoms with Crippen LogP contribution in [-0.4, -0.2) is 10.1 Å². The molecule has 0 spiro atoms. The molecule has 0 amide bonds. The predicted octanol–water partition coefficient (Wildman–Crippen LogP) is 4.45. The zero-order valence-electron chi connectivity index (χ0n) is 13.5. The monoisotopic (exact) mass is 321 g/mol. The second-order valence-corrected chi connectivity index (χ2v) is 5.43. The fourth-order valence-corrected chi connectivity index (χ4v) is 2.34. The third-order valence-corrected chi connectivity index (χ3v) is 3.71. The Hall–Kier alpha value is -2.85. The molecule has 0 saturated carbocycles. The molecule has 3 aromatic rings. The van der Waals surface area contributed by atoms with E-state index in [1.807, 2.05) is 55.5 Å². The average Bonchev–Trinajstić information content (AvgIpc) is 3.01. The molecule has 0 aliphatic rings. The second-order valence-electron chi connectivity index (χ2n) is 5.43. The van der Waals surface area contributed by atoms with Crippen molar-refractivity contribution in [3.63, 3.8) is 0 Å². The van der Waals surface area contributed by atoms with Crippen molar-refractivity contribution in [2.45, 2.75) is 19.6 Å². The summed E-state index contributed by atoms with van der Waals surface area (Å²) < 4.78 is 11.5. The maximum atomic E-state index is 9.81. The van der Waals surface area contributed by atoms with Crippen LogP contribution in [0.3, 0.4) is 0 Å². The van der Waals surface area contributed by atoms with Gasteiger partial charge in [-0.3, -0.25) is 0 Å². The number of oxazole rings is 1. The van der Waals surface area contributed by atoms with Gasteiger partial charge in [0.05, 0.1) is 6.10 Å². The van der Waals surface area contributed by atoms with Crippen LogP contribution in [0.4, 0.5) is 0 Å². The summed E-state index contributed by atoms with van der Waals surface area (Å²) in [5.74, 6) is 1.98. The Morgan fingerprint density at radius 2 is 2.00 bits per heavy atom. The maximum absolute atomic E-state index is 9.81. The molecule has 4 nitrogen and oxygen atoms in total. The van der Waals surface area contributed by atoms with E-state index < -0.39 is 6.10 Å². The van der Waals surface area contributed by atoms with E-state index in [0.717, 1.165) is 22.6 Å². The highest BCUT2D eigenvalue weighted by atomic mass is 16.5. The van der Waals surface area contributed by atoms with Gasteiger partial charge in [-0.05, 0) is 36.8 Å². The van der Waals surface area contributed by atoms with Crippen molar-refractivity contribution in [2.24, 2.45) is 0 Å². The summed E-state index contributed by atoms with van der Waals surface area (Å²) in [7, 11) is 0. The molecular weight excluding hydrogens is 302 g/mol. The van der Waals surface area contributed by atoms with Crippen LogP contribution in [0.15, 0.2) is 71.7 Å². The first kappa shape index (κ1) is 16.0. The maximum Gasteiger partial charge on any atom is 0.226 e. The van der Waals surface area contributed by atoms with E-state index in [1.54, 1.807) is 6.07 Å². The topological polar surface area (TPSA) is 55.5 Å². The third kappa shape index (κ3) is 3.55. The molecule has 0 saturated heterocycles. The van der Waals surface area contributed by atoms with Crippen LogP contribution in [0.25, 0.3) is 11.5 Å². The van der Waals surface area contributed by atoms with E-state index in [4.69, 9.17) is 9.15 Å². The van der Waals surface area contributed by atoms with E-state index in [-0.39, 0.29) is 0 Å². The van der Waals surface area contributed by atoms with Gasteiger partial charge < -0.3 is 14.3 Å². The number of aromatic nitrogens is 1. The van der Waals surface area contributed by atoms with Gasteiger partial charge in [0.2, 0.25) is 5.89 Å². The van der Waals surface area contributed by atoms with E-state index in [1.165, 1.54) is 6.08 Å². The number of benzene rings is 2. The standard InChI is InChI=1S/C20H19NO3/c1-3-19(22)16-10-7-11-17(12-16)23-13-18-14(2)24-20(21-18)15-8-5-4-6-9-15/h3-12,19,22H,1,13H2,2H3. The Balaban J connectivity index is 1.73. The molecule has 1 N–H and O–H groups in total. The molecule has 0 radical (unpaired) electrons. The van der Waals surface area contributed by atoms with Gasteiger partial charge in [0, 0.05) is 5.56 Å². The van der Waals surface area contributed by atoms with Crippen LogP contribution in [0, 0.1) is 6.92 Å². The quantitative estimate of drug-likeness (QED) is 0.682. The normalized spacial score (nSPS) is 11.9. The van der Waals surface area contributed by atoms with Crippen LogP contribution >= 0.6 is 0 Å². The van der Waals surface area contributed by atoms with E-state index in [0.29, 0.717) is 18.2 Å². The summed E-state index contributed by atoms with van der Waals surface area (Å²) in [4.78, 5) is 4.51. The largest absolute Gasteiger partial charge is 0.487 e. The molecule has 1 heterocycles. The van der Waals surface area contributed by atoms with Crippen LogP contribution in [0.2, 0.25) is 0 Å². The lowest BCUT2D eigenvalue weighted by atomic mass is 10.1. The van der Waals surface area contributed by atoms with Crippen molar-refractivity contribution in [2.75, 3.05) is 0 Å². The summed E-state index contributed by atoms with van der Waals surface area (Å²) in [6, 6.07) is 17.0. The van der Waals surface area contributed by atoms with Gasteiger partial charge in [-0.2, -0.15) is 0 Å². The fourth-order valence-electron chi connectivity index (χ4n) is 2.34. The van der Waals surface area contributed by atoms with Gasteiger partial charge in [0.15, 0.2) is 0 Å². The molecule has 0 aliphatic heterocycles. The summed E-state index contributed by atoms with van der Waals surface area (Å²) in [5, 5.41) is 9.81. The number of nitrogens with zero attached hydrogens (tertiary/aromatic N) is 1. The third-order valence-electron chi connectivity index (χ3n) is 3.71. The number of aliphatic hydroxyl groups excluding tert-OH is 1. The van der Waals surface area contributed by atoms with Crippen LogP contribution < -0.4 is 4.74 Å². The SMILES string of the molecule is C=CC(O)c1cccc(OCc2nc(-c3ccccc3)oc2C)c1. The molecule has 2 aromatic carbocycles. The van der Waals surface area contributed by atoms with Crippen molar-refractivity contribution < 1.29 is 14.3 Å². The average molecular weight is 321 g/mol. The molecule has 1 unspecified atom stereocenters. The van der Waals surface area contributed by atoms with Crippen LogP contribution in [0.5, 0.6) is 5.75 Å². The molecule has 0 bridgehead atoms. The summed E-state index contributed by atoms with van der Waals surface area (Å²) in [6.07, 6.45) is 0.777. The molecule has 24 heavy (non-hydrogen) atoms. The Morgan fingerprint density at radius 3 is 2.75 bits per heavy atom. The number of ether oxygens (including phenoxy) is 1. The van der Waals surface area contributed by atoms with Crippen molar-refractivity contribution in [3.05, 3.63) is 84.3 Å². The molecule has 4 heteroatoms. The highest BCUT2D eigenvalue weighted by Gasteiger charge is 2.12. The van der Waals surface area contributed by atoms with Crippen LogP contribution in [-0.2, 0) is 6.61 Å². The summed E-state index contributed by atoms with van der Waals surface area (Å²) in [5.41, 5.74) is 2.43. The fraction of sp³-hybridized carbons (Fsp3) is 0.150. The predicted molar refractivity (Wildman–Crippen MR) is 92.6 cm³/mol. The molecule has 1 aromatic heterocycles. The van der Waals surface area contributed by atoms with Gasteiger partial charge in [-0.25, -0.2) is 4.98 Å². The van der Waals surface area contributed by atoms with Crippen molar-refractivity contribution in [1.29, 1.82) is 0 Å². The van der Waals surface area contributed by atoms with Gasteiger partial charge >= 0.3 is 0 Å². The first-order valence-electron chi connectivity index (χ1n) is 7.72. The van der Waals surface area contributed by atoms with Crippen molar-refractivity contribution in [3.8, 4) is 17.2 Å². The van der Waals surface area contributed by atoms with Crippen molar-refractivity contribution in [1.82, 2.24) is 4.98 Å². The first-order valence-corrected chi connectivity index (χ1v) is 7.72. The molecule has 0 fully saturated rings. The zero-order chi connectivity index (χ0) is 16.9. The number of hydrogen-bond donors (Lipinski definition) is 1. The molecule has 122 valence electrons. The Bertz CT molecular complexity index is 824. The molecule has 3 rings (SSSR count). The zero-order valence-corrected chi connectivity index (χ0v) is 13.5. The Morgan fingerprint density at radius 1 is 1.21 bits per heavy atom. The Labute approximate surface area is 141 Å². The van der Waals surface area contributed by atoms with E-state index in [2.05, 4.69) is 11.6 Å². The first-order chi connectivity index (χ1) is 11.7. The summed E-state index contributed by atoms with van der Waals surface area (Å²) in [6.45, 7) is 5.76. The molecule has 0 aliphatic carbocycles. The highest BCUT2D eigenvalue weighted by molar-refractivity contribution is 5.53. The van der Waals surface area contributed by atoms with E-state index in [9.17, 15) is 5.11 Å². The van der Waals surface area contributed by atoms with Gasteiger partial charge in [0.1, 0.15) is 23.8 Å². The number of aliphatic hydroxyl groups is 1. The number of rotatable bonds is 6.